The Kier molecular flexibility index (Phi) is 3.92. The van der Waals surface area contributed by atoms with Crippen molar-refractivity contribution in [2.45, 2.75) is 32.6 Å². The molecule has 0 bridgehead atoms. The minimum Gasteiger partial charge on any atom is -0.219 e. The van der Waals surface area contributed by atoms with E-state index in [0.29, 0.717) is 15.7 Å². The molecule has 0 saturated carbocycles. The second kappa shape index (κ2) is 5.21. The lowest BCUT2D eigenvalue weighted by Crippen LogP contribution is -2.26. The summed E-state index contributed by atoms with van der Waals surface area (Å²) in [4.78, 5) is 0.768. The fraction of sp³-hybridized carbons (Fsp3) is 0.412. The lowest BCUT2D eigenvalue weighted by atomic mass is 9.71. The van der Waals surface area contributed by atoms with Crippen molar-refractivity contribution < 1.29 is 8.42 Å². The van der Waals surface area contributed by atoms with Gasteiger partial charge < -0.3 is 0 Å². The van der Waals surface area contributed by atoms with Crippen molar-refractivity contribution >= 4 is 9.84 Å². The van der Waals surface area contributed by atoms with E-state index in [9.17, 15) is 8.42 Å². The van der Waals surface area contributed by atoms with E-state index in [-0.39, 0.29) is 11.3 Å². The average Bonchev–Trinajstić information content (AvgIpc) is 2.52. The summed E-state index contributed by atoms with van der Waals surface area (Å²) in [7, 11) is -3.42. The molecular weight excluding hydrogens is 268 g/mol. The molecule has 0 N–H and O–H groups in total. The van der Waals surface area contributed by atoms with Crippen molar-refractivity contribution in [2.75, 3.05) is 0 Å². The molecule has 2 unspecified atom stereocenters. The number of sulfone groups is 1. The normalized spacial score (nSPS) is 25.9. The fourth-order valence-electron chi connectivity index (χ4n) is 2.33. The van der Waals surface area contributed by atoms with Gasteiger partial charge in [-0.2, -0.15) is 0 Å². The first kappa shape index (κ1) is 15.0. The number of allylic oxidation sites excluding steroid dienone is 3. The molecule has 1 aromatic rings. The summed E-state index contributed by atoms with van der Waals surface area (Å²) < 4.78 is 25.4. The highest BCUT2D eigenvalue weighted by molar-refractivity contribution is 7.95. The van der Waals surface area contributed by atoms with Crippen molar-refractivity contribution in [2.24, 2.45) is 17.3 Å². The molecule has 20 heavy (non-hydrogen) atoms. The van der Waals surface area contributed by atoms with Crippen LogP contribution >= 0.6 is 0 Å². The summed E-state index contributed by atoms with van der Waals surface area (Å²) in [6.45, 7) is 8.59. The number of hydrogen-bond acceptors (Lipinski definition) is 2. The van der Waals surface area contributed by atoms with Crippen LogP contribution in [0.15, 0.2) is 58.4 Å². The Hall–Kier alpha value is -1.35. The third-order valence-electron chi connectivity index (χ3n) is 4.67. The van der Waals surface area contributed by atoms with Gasteiger partial charge in [-0.25, -0.2) is 8.42 Å². The molecule has 108 valence electrons. The summed E-state index contributed by atoms with van der Waals surface area (Å²) in [5.74, 6) is 0.526. The molecule has 1 aromatic carbocycles. The first-order valence-corrected chi connectivity index (χ1v) is 8.44. The molecule has 0 heterocycles. The Balaban J connectivity index is 2.51. The lowest BCUT2D eigenvalue weighted by molar-refractivity contribution is 0.209. The molecule has 2 atom stereocenters. The molecule has 1 aliphatic rings. The van der Waals surface area contributed by atoms with Gasteiger partial charge in [0.05, 0.1) is 9.80 Å². The maximum Gasteiger partial charge on any atom is 0.206 e. The van der Waals surface area contributed by atoms with Gasteiger partial charge in [-0.1, -0.05) is 58.0 Å². The molecule has 0 radical (unpaired) electrons. The summed E-state index contributed by atoms with van der Waals surface area (Å²) >= 11 is 0. The summed E-state index contributed by atoms with van der Waals surface area (Å²) in [6, 6.07) is 8.63. The SMILES string of the molecule is CC1C=CC(S(=O)(=O)c2ccccc2)=CC(C)C1(C)C. The van der Waals surface area contributed by atoms with E-state index in [0.717, 1.165) is 0 Å². The highest BCUT2D eigenvalue weighted by Crippen LogP contribution is 2.40. The van der Waals surface area contributed by atoms with E-state index in [2.05, 4.69) is 27.7 Å². The van der Waals surface area contributed by atoms with Gasteiger partial charge >= 0.3 is 0 Å². The molecular formula is C17H22O2S. The van der Waals surface area contributed by atoms with Crippen LogP contribution in [0.2, 0.25) is 0 Å². The number of hydrogen-bond donors (Lipinski definition) is 0. The highest BCUT2D eigenvalue weighted by atomic mass is 32.2. The highest BCUT2D eigenvalue weighted by Gasteiger charge is 2.33. The van der Waals surface area contributed by atoms with Gasteiger partial charge in [0, 0.05) is 0 Å². The van der Waals surface area contributed by atoms with Gasteiger partial charge in [-0.05, 0) is 35.5 Å². The van der Waals surface area contributed by atoms with Crippen LogP contribution in [0.3, 0.4) is 0 Å². The van der Waals surface area contributed by atoms with Crippen LogP contribution in [0, 0.1) is 17.3 Å². The molecule has 0 saturated heterocycles. The second-order valence-electron chi connectivity index (χ2n) is 6.14. The summed E-state index contributed by atoms with van der Waals surface area (Å²) in [6.07, 6.45) is 5.66. The maximum atomic E-state index is 12.7. The number of rotatable bonds is 2. The third-order valence-corrected chi connectivity index (χ3v) is 6.46. The van der Waals surface area contributed by atoms with Crippen molar-refractivity contribution in [1.82, 2.24) is 0 Å². The molecule has 0 aromatic heterocycles. The fourth-order valence-corrected chi connectivity index (χ4v) is 3.76. The van der Waals surface area contributed by atoms with Gasteiger partial charge in [0.2, 0.25) is 9.84 Å². The molecule has 0 spiro atoms. The first-order chi connectivity index (χ1) is 9.26. The third kappa shape index (κ3) is 2.59. The topological polar surface area (TPSA) is 34.1 Å². The standard InChI is InChI=1S/C17H22O2S/c1-13-10-11-16(12-14(2)17(13,3)4)20(18,19)15-8-6-5-7-9-15/h5-14H,1-4H3. The maximum absolute atomic E-state index is 12.7. The van der Waals surface area contributed by atoms with Crippen molar-refractivity contribution in [1.29, 1.82) is 0 Å². The van der Waals surface area contributed by atoms with Crippen LogP contribution in [0.25, 0.3) is 0 Å². The Labute approximate surface area is 122 Å². The lowest BCUT2D eigenvalue weighted by Gasteiger charge is -2.33. The van der Waals surface area contributed by atoms with E-state index in [1.807, 2.05) is 18.2 Å². The Morgan fingerprint density at radius 1 is 1.00 bits per heavy atom. The van der Waals surface area contributed by atoms with E-state index >= 15 is 0 Å². The monoisotopic (exact) mass is 290 g/mol. The predicted molar refractivity (Wildman–Crippen MR) is 83.0 cm³/mol. The van der Waals surface area contributed by atoms with Crippen molar-refractivity contribution in [3.05, 3.63) is 53.5 Å². The van der Waals surface area contributed by atoms with Crippen LogP contribution in [0.4, 0.5) is 0 Å². The van der Waals surface area contributed by atoms with Gasteiger partial charge in [0.1, 0.15) is 0 Å². The quantitative estimate of drug-likeness (QED) is 0.817. The Morgan fingerprint density at radius 2 is 1.60 bits per heavy atom. The van der Waals surface area contributed by atoms with Crippen molar-refractivity contribution in [3.63, 3.8) is 0 Å². The predicted octanol–water partition coefficient (Wildman–Crippen LogP) is 4.21. The first-order valence-electron chi connectivity index (χ1n) is 6.96. The number of benzene rings is 1. The zero-order chi connectivity index (χ0) is 15.0. The van der Waals surface area contributed by atoms with Crippen LogP contribution < -0.4 is 0 Å². The van der Waals surface area contributed by atoms with E-state index in [4.69, 9.17) is 0 Å². The Bertz CT molecular complexity index is 637. The van der Waals surface area contributed by atoms with E-state index in [1.165, 1.54) is 0 Å². The molecule has 2 rings (SSSR count). The van der Waals surface area contributed by atoms with Crippen molar-refractivity contribution in [3.8, 4) is 0 Å². The molecule has 1 aliphatic carbocycles. The molecule has 3 heteroatoms. The molecule has 0 aliphatic heterocycles. The zero-order valence-corrected chi connectivity index (χ0v) is 13.3. The Morgan fingerprint density at radius 3 is 2.20 bits per heavy atom. The van der Waals surface area contributed by atoms with Gasteiger partial charge in [-0.3, -0.25) is 0 Å². The van der Waals surface area contributed by atoms with E-state index in [1.54, 1.807) is 30.3 Å². The van der Waals surface area contributed by atoms with Crippen LogP contribution in [0.1, 0.15) is 27.7 Å². The molecule has 0 fully saturated rings. The van der Waals surface area contributed by atoms with Crippen LogP contribution in [0.5, 0.6) is 0 Å². The van der Waals surface area contributed by atoms with Crippen LogP contribution in [-0.4, -0.2) is 8.42 Å². The smallest absolute Gasteiger partial charge is 0.206 e. The van der Waals surface area contributed by atoms with Gasteiger partial charge in [0.15, 0.2) is 0 Å². The van der Waals surface area contributed by atoms with Gasteiger partial charge in [0.25, 0.3) is 0 Å². The minimum absolute atomic E-state index is 0.0461. The summed E-state index contributed by atoms with van der Waals surface area (Å²) in [5.41, 5.74) is 0.0461. The van der Waals surface area contributed by atoms with Gasteiger partial charge in [-0.15, -0.1) is 0 Å². The summed E-state index contributed by atoms with van der Waals surface area (Å²) in [5, 5.41) is 0. The average molecular weight is 290 g/mol. The molecule has 2 nitrogen and oxygen atoms in total. The van der Waals surface area contributed by atoms with Crippen LogP contribution in [-0.2, 0) is 9.84 Å². The molecule has 0 amide bonds. The minimum atomic E-state index is -3.42. The zero-order valence-electron chi connectivity index (χ0n) is 12.5. The largest absolute Gasteiger partial charge is 0.219 e. The van der Waals surface area contributed by atoms with E-state index < -0.39 is 9.84 Å². The second-order valence-corrected chi connectivity index (χ2v) is 8.09.